The monoisotopic (exact) mass is 291 g/mol. The van der Waals surface area contributed by atoms with Crippen molar-refractivity contribution >= 4 is 9.84 Å². The van der Waals surface area contributed by atoms with Gasteiger partial charge in [-0.25, -0.2) is 8.42 Å². The Hall–Kier alpha value is -0.130. The quantitative estimate of drug-likeness (QED) is 0.627. The highest BCUT2D eigenvalue weighted by Gasteiger charge is 2.26. The summed E-state index contributed by atoms with van der Waals surface area (Å²) in [6.07, 6.45) is 7.18. The Kier molecular flexibility index (Phi) is 8.66. The van der Waals surface area contributed by atoms with E-state index in [2.05, 4.69) is 5.32 Å². The number of rotatable bonds is 10. The molecule has 0 aromatic rings. The summed E-state index contributed by atoms with van der Waals surface area (Å²) >= 11 is 0. The average molecular weight is 291 g/mol. The van der Waals surface area contributed by atoms with E-state index >= 15 is 0 Å². The van der Waals surface area contributed by atoms with Gasteiger partial charge in [-0.2, -0.15) is 0 Å². The predicted molar refractivity (Wildman–Crippen MR) is 79.3 cm³/mol. The molecule has 19 heavy (non-hydrogen) atoms. The smallest absolute Gasteiger partial charge is 0.154 e. The molecule has 1 fully saturated rings. The van der Waals surface area contributed by atoms with Crippen molar-refractivity contribution in [3.05, 3.63) is 0 Å². The molecule has 114 valence electrons. The van der Waals surface area contributed by atoms with Crippen molar-refractivity contribution in [3.8, 4) is 0 Å². The molecule has 0 saturated heterocycles. The summed E-state index contributed by atoms with van der Waals surface area (Å²) in [6, 6.07) is 0. The van der Waals surface area contributed by atoms with Gasteiger partial charge in [-0.3, -0.25) is 0 Å². The van der Waals surface area contributed by atoms with Crippen molar-refractivity contribution in [2.45, 2.75) is 57.1 Å². The second kappa shape index (κ2) is 9.72. The second-order valence-corrected chi connectivity index (χ2v) is 7.68. The van der Waals surface area contributed by atoms with E-state index in [-0.39, 0.29) is 5.25 Å². The zero-order chi connectivity index (χ0) is 14.0. The fraction of sp³-hybridized carbons (Fsp3) is 1.00. The van der Waals surface area contributed by atoms with E-state index in [9.17, 15) is 8.42 Å². The molecule has 0 radical (unpaired) electrons. The maximum atomic E-state index is 12.1. The third-order valence-corrected chi connectivity index (χ3v) is 5.98. The lowest BCUT2D eigenvalue weighted by molar-refractivity contribution is 0.143. The van der Waals surface area contributed by atoms with Crippen LogP contribution in [0.25, 0.3) is 0 Å². The SMILES string of the molecule is CCOCCCCNCCS(=O)(=O)C1CCCCC1. The van der Waals surface area contributed by atoms with Gasteiger partial charge in [-0.15, -0.1) is 0 Å². The lowest BCUT2D eigenvalue weighted by Gasteiger charge is -2.21. The standard InChI is InChI=1S/C14H29NO3S/c1-2-18-12-7-6-10-15-11-13-19(16,17)14-8-4-3-5-9-14/h14-15H,2-13H2,1H3. The molecule has 1 N–H and O–H groups in total. The van der Waals surface area contributed by atoms with Crippen LogP contribution in [0.2, 0.25) is 0 Å². The van der Waals surface area contributed by atoms with Gasteiger partial charge in [0.15, 0.2) is 9.84 Å². The van der Waals surface area contributed by atoms with Gasteiger partial charge < -0.3 is 10.1 Å². The lowest BCUT2D eigenvalue weighted by atomic mass is 10.0. The number of sulfone groups is 1. The van der Waals surface area contributed by atoms with Gasteiger partial charge in [0.05, 0.1) is 11.0 Å². The van der Waals surface area contributed by atoms with Crippen LogP contribution in [0.5, 0.6) is 0 Å². The summed E-state index contributed by atoms with van der Waals surface area (Å²) in [5.41, 5.74) is 0. The summed E-state index contributed by atoms with van der Waals surface area (Å²) in [4.78, 5) is 0. The maximum Gasteiger partial charge on any atom is 0.154 e. The largest absolute Gasteiger partial charge is 0.382 e. The number of hydrogen-bond donors (Lipinski definition) is 1. The molecule has 0 heterocycles. The first kappa shape index (κ1) is 16.9. The maximum absolute atomic E-state index is 12.1. The molecule has 4 nitrogen and oxygen atoms in total. The summed E-state index contributed by atoms with van der Waals surface area (Å²) < 4.78 is 29.4. The summed E-state index contributed by atoms with van der Waals surface area (Å²) in [5, 5.41) is 3.15. The Balaban J connectivity index is 2.04. The summed E-state index contributed by atoms with van der Waals surface area (Å²) in [7, 11) is -2.87. The molecule has 0 aromatic heterocycles. The van der Waals surface area contributed by atoms with Crippen molar-refractivity contribution in [1.29, 1.82) is 0 Å². The molecule has 1 aliphatic carbocycles. The first-order valence-corrected chi connectivity index (χ1v) is 9.38. The van der Waals surface area contributed by atoms with Gasteiger partial charge in [-0.1, -0.05) is 19.3 Å². The van der Waals surface area contributed by atoms with Gasteiger partial charge in [0.1, 0.15) is 0 Å². The summed E-state index contributed by atoms with van der Waals surface area (Å²) in [5.74, 6) is 0.295. The molecule has 0 bridgehead atoms. The van der Waals surface area contributed by atoms with Crippen LogP contribution in [0.15, 0.2) is 0 Å². The molecular weight excluding hydrogens is 262 g/mol. The molecule has 0 atom stereocenters. The van der Waals surface area contributed by atoms with Crippen molar-refractivity contribution in [1.82, 2.24) is 5.32 Å². The zero-order valence-corrected chi connectivity index (χ0v) is 13.0. The van der Waals surface area contributed by atoms with Crippen LogP contribution in [-0.4, -0.2) is 45.7 Å². The lowest BCUT2D eigenvalue weighted by Crippen LogP contribution is -2.31. The molecule has 1 aliphatic rings. The number of ether oxygens (including phenoxy) is 1. The van der Waals surface area contributed by atoms with E-state index in [4.69, 9.17) is 4.74 Å². The average Bonchev–Trinajstić information content (AvgIpc) is 2.43. The van der Waals surface area contributed by atoms with E-state index < -0.39 is 9.84 Å². The fourth-order valence-corrected chi connectivity index (χ4v) is 4.34. The van der Waals surface area contributed by atoms with Crippen LogP contribution < -0.4 is 5.32 Å². The third-order valence-electron chi connectivity index (χ3n) is 3.72. The van der Waals surface area contributed by atoms with Gasteiger partial charge in [0.25, 0.3) is 0 Å². The van der Waals surface area contributed by atoms with Crippen LogP contribution in [0, 0.1) is 0 Å². The Morgan fingerprint density at radius 2 is 1.84 bits per heavy atom. The van der Waals surface area contributed by atoms with Crippen LogP contribution in [0.4, 0.5) is 0 Å². The van der Waals surface area contributed by atoms with Crippen LogP contribution in [-0.2, 0) is 14.6 Å². The predicted octanol–water partition coefficient (Wildman–Crippen LogP) is 2.14. The number of hydrogen-bond acceptors (Lipinski definition) is 4. The Morgan fingerprint density at radius 1 is 1.11 bits per heavy atom. The summed E-state index contributed by atoms with van der Waals surface area (Å²) in [6.45, 7) is 5.04. The van der Waals surface area contributed by atoms with Crippen LogP contribution in [0.3, 0.4) is 0 Å². The highest BCUT2D eigenvalue weighted by atomic mass is 32.2. The topological polar surface area (TPSA) is 55.4 Å². The number of nitrogens with one attached hydrogen (secondary N) is 1. The molecule has 0 spiro atoms. The molecule has 0 amide bonds. The minimum atomic E-state index is -2.87. The third kappa shape index (κ3) is 7.28. The normalized spacial score (nSPS) is 17.7. The van der Waals surface area contributed by atoms with Crippen molar-refractivity contribution in [2.75, 3.05) is 32.1 Å². The molecule has 0 aromatic carbocycles. The van der Waals surface area contributed by atoms with Gasteiger partial charge in [0.2, 0.25) is 0 Å². The molecule has 5 heteroatoms. The second-order valence-electron chi connectivity index (χ2n) is 5.28. The van der Waals surface area contributed by atoms with Gasteiger partial charge >= 0.3 is 0 Å². The highest BCUT2D eigenvalue weighted by Crippen LogP contribution is 2.23. The van der Waals surface area contributed by atoms with Gasteiger partial charge in [-0.05, 0) is 39.2 Å². The Morgan fingerprint density at radius 3 is 2.53 bits per heavy atom. The molecule has 1 rings (SSSR count). The minimum Gasteiger partial charge on any atom is -0.382 e. The van der Waals surface area contributed by atoms with E-state index in [1.54, 1.807) is 0 Å². The fourth-order valence-electron chi connectivity index (χ4n) is 2.53. The van der Waals surface area contributed by atoms with E-state index in [1.807, 2.05) is 6.92 Å². The van der Waals surface area contributed by atoms with E-state index in [0.717, 1.165) is 58.3 Å². The van der Waals surface area contributed by atoms with Crippen molar-refractivity contribution in [3.63, 3.8) is 0 Å². The van der Waals surface area contributed by atoms with Crippen LogP contribution in [0.1, 0.15) is 51.9 Å². The van der Waals surface area contributed by atoms with Gasteiger partial charge in [0, 0.05) is 19.8 Å². The Labute approximate surface area is 118 Å². The molecule has 1 saturated carbocycles. The van der Waals surface area contributed by atoms with Crippen molar-refractivity contribution < 1.29 is 13.2 Å². The zero-order valence-electron chi connectivity index (χ0n) is 12.2. The van der Waals surface area contributed by atoms with E-state index in [0.29, 0.717) is 12.3 Å². The molecule has 0 aliphatic heterocycles. The molecular formula is C14H29NO3S. The Bertz CT molecular complexity index is 311. The highest BCUT2D eigenvalue weighted by molar-refractivity contribution is 7.92. The first-order valence-electron chi connectivity index (χ1n) is 7.67. The van der Waals surface area contributed by atoms with E-state index in [1.165, 1.54) is 6.42 Å². The minimum absolute atomic E-state index is 0.0685. The molecule has 0 unspecified atom stereocenters. The first-order chi connectivity index (χ1) is 9.17. The van der Waals surface area contributed by atoms with Crippen LogP contribution >= 0.6 is 0 Å². The number of unbranched alkanes of at least 4 members (excludes halogenated alkanes) is 1. The van der Waals surface area contributed by atoms with Crippen molar-refractivity contribution in [2.24, 2.45) is 0 Å².